The second-order valence-corrected chi connectivity index (χ2v) is 7.21. The van der Waals surface area contributed by atoms with E-state index in [1.165, 1.54) is 32.0 Å². The van der Waals surface area contributed by atoms with Gasteiger partial charge in [-0.25, -0.2) is 12.8 Å². The van der Waals surface area contributed by atoms with Crippen LogP contribution in [0.15, 0.2) is 35.9 Å². The Morgan fingerprint density at radius 3 is 2.54 bits per heavy atom. The molecule has 1 unspecified atom stereocenters. The zero-order valence-corrected chi connectivity index (χ0v) is 14.1. The summed E-state index contributed by atoms with van der Waals surface area (Å²) >= 11 is 0. The molecule has 9 heteroatoms. The number of halogens is 1. The Balaban J connectivity index is 2.51. The molecule has 1 aromatic rings. The molecule has 1 aromatic carbocycles. The van der Waals surface area contributed by atoms with Crippen LogP contribution in [0, 0.1) is 5.82 Å². The molecule has 130 valence electrons. The van der Waals surface area contributed by atoms with Crippen LogP contribution in [0.2, 0.25) is 0 Å². The van der Waals surface area contributed by atoms with Crippen LogP contribution in [-0.2, 0) is 34.7 Å². The summed E-state index contributed by atoms with van der Waals surface area (Å²) in [4.78, 5) is 23.9. The molecular weight excluding hydrogens is 341 g/mol. The largest absolute Gasteiger partial charge is 0.456 e. The summed E-state index contributed by atoms with van der Waals surface area (Å²) in [6.45, 7) is 3.69. The lowest BCUT2D eigenvalue weighted by Gasteiger charge is -2.24. The van der Waals surface area contributed by atoms with Gasteiger partial charge in [-0.05, 0) is 19.9 Å². The summed E-state index contributed by atoms with van der Waals surface area (Å²) in [5, 5.41) is 0. The summed E-state index contributed by atoms with van der Waals surface area (Å²) in [6.07, 6.45) is 0. The average Bonchev–Trinajstić information content (AvgIpc) is 2.72. The molecule has 0 saturated carbocycles. The number of hydrogen-bond donors (Lipinski definition) is 1. The van der Waals surface area contributed by atoms with Crippen molar-refractivity contribution in [3.05, 3.63) is 47.3 Å². The lowest BCUT2D eigenvalue weighted by Crippen LogP contribution is -2.33. The summed E-state index contributed by atoms with van der Waals surface area (Å²) in [6, 6.07) is 5.40. The number of sulfonamides is 1. The first-order valence-corrected chi connectivity index (χ1v) is 8.68. The van der Waals surface area contributed by atoms with Gasteiger partial charge in [0.15, 0.2) is 0 Å². The Bertz CT molecular complexity index is 832. The topological polar surface area (TPSA) is 98.8 Å². The van der Waals surface area contributed by atoms with Crippen LogP contribution in [0.25, 0.3) is 0 Å². The summed E-state index contributed by atoms with van der Waals surface area (Å²) < 4.78 is 49.8. The maximum atomic E-state index is 14.1. The van der Waals surface area contributed by atoms with E-state index in [2.05, 4.69) is 0 Å². The van der Waals surface area contributed by atoms with Crippen molar-refractivity contribution in [2.45, 2.75) is 26.4 Å². The first kappa shape index (κ1) is 17.9. The van der Waals surface area contributed by atoms with E-state index in [0.29, 0.717) is 0 Å². The predicted molar refractivity (Wildman–Crippen MR) is 81.2 cm³/mol. The van der Waals surface area contributed by atoms with Crippen molar-refractivity contribution < 1.29 is 31.9 Å². The molecule has 0 saturated heterocycles. The van der Waals surface area contributed by atoms with Gasteiger partial charge in [-0.1, -0.05) is 18.2 Å². The molecule has 24 heavy (non-hydrogen) atoms. The fourth-order valence-electron chi connectivity index (χ4n) is 2.16. The number of rotatable bonds is 5. The van der Waals surface area contributed by atoms with Crippen LogP contribution in [0.3, 0.4) is 0 Å². The van der Waals surface area contributed by atoms with E-state index in [0.717, 1.165) is 13.0 Å². The third kappa shape index (κ3) is 3.25. The zero-order valence-electron chi connectivity index (χ0n) is 13.3. The van der Waals surface area contributed by atoms with Gasteiger partial charge in [0, 0.05) is 12.5 Å². The highest BCUT2D eigenvalue weighted by Gasteiger charge is 2.51. The van der Waals surface area contributed by atoms with Crippen LogP contribution in [-0.4, -0.2) is 25.9 Å². The molecule has 2 rings (SSSR count). The molecule has 7 nitrogen and oxygen atoms in total. The molecule has 1 aliphatic rings. The highest BCUT2D eigenvalue weighted by molar-refractivity contribution is 7.89. The lowest BCUT2D eigenvalue weighted by atomic mass is 9.91. The minimum absolute atomic E-state index is 0.106. The first-order valence-electron chi connectivity index (χ1n) is 7.02. The zero-order chi connectivity index (χ0) is 18.1. The number of hydrogen-bond acceptors (Lipinski definition) is 6. The molecule has 0 fully saturated rings. The molecule has 0 aromatic heterocycles. The molecule has 1 heterocycles. The van der Waals surface area contributed by atoms with Gasteiger partial charge in [-0.15, -0.1) is 0 Å². The third-order valence-electron chi connectivity index (χ3n) is 3.41. The first-order chi connectivity index (χ1) is 11.1. The average molecular weight is 357 g/mol. The smallest absolute Gasteiger partial charge is 0.308 e. The van der Waals surface area contributed by atoms with Gasteiger partial charge >= 0.3 is 5.97 Å². The van der Waals surface area contributed by atoms with Crippen LogP contribution < -0.4 is 4.72 Å². The molecule has 1 atom stereocenters. The summed E-state index contributed by atoms with van der Waals surface area (Å²) in [5.74, 6) is -3.86. The molecule has 1 N–H and O–H groups in total. The highest BCUT2D eigenvalue weighted by atomic mass is 32.2. The molecule has 0 bridgehead atoms. The third-order valence-corrected chi connectivity index (χ3v) is 4.67. The van der Waals surface area contributed by atoms with Gasteiger partial charge in [0.25, 0.3) is 5.78 Å². The van der Waals surface area contributed by atoms with Crippen molar-refractivity contribution in [1.82, 2.24) is 4.72 Å². The Kier molecular flexibility index (Phi) is 4.66. The van der Waals surface area contributed by atoms with Gasteiger partial charge in [-0.2, -0.15) is 0 Å². The maximum absolute atomic E-state index is 14.1. The van der Waals surface area contributed by atoms with E-state index < -0.39 is 44.8 Å². The number of carbonyl (C=O) groups is 2. The predicted octanol–water partition coefficient (Wildman–Crippen LogP) is 1.31. The molecule has 0 amide bonds. The number of Topliss-reactive ketones (excluding diaryl/α,β-unsaturated/α-hetero) is 1. The van der Waals surface area contributed by atoms with Gasteiger partial charge in [0.2, 0.25) is 27.3 Å². The quantitative estimate of drug-likeness (QED) is 0.798. The van der Waals surface area contributed by atoms with Crippen LogP contribution >= 0.6 is 0 Å². The minimum Gasteiger partial charge on any atom is -0.456 e. The van der Waals surface area contributed by atoms with Crippen LogP contribution in [0.5, 0.6) is 0 Å². The Morgan fingerprint density at radius 2 is 2.00 bits per heavy atom. The number of carbonyl (C=O) groups excluding carboxylic acids is 2. The maximum Gasteiger partial charge on any atom is 0.308 e. The number of nitrogens with one attached hydrogen (secondary N) is 1. The monoisotopic (exact) mass is 357 g/mol. The highest BCUT2D eigenvalue weighted by Crippen LogP contribution is 2.39. The fraction of sp³-hybridized carbons (Fsp3) is 0.333. The summed E-state index contributed by atoms with van der Waals surface area (Å²) in [5.41, 5.74) is -1.97. The van der Waals surface area contributed by atoms with Gasteiger partial charge in [0.1, 0.15) is 5.82 Å². The van der Waals surface area contributed by atoms with E-state index in [1.54, 1.807) is 0 Å². The van der Waals surface area contributed by atoms with E-state index in [9.17, 15) is 22.4 Å². The molecule has 0 radical (unpaired) electrons. The van der Waals surface area contributed by atoms with Crippen molar-refractivity contribution >= 4 is 21.8 Å². The second kappa shape index (κ2) is 6.23. The molecule has 0 aliphatic carbocycles. The lowest BCUT2D eigenvalue weighted by molar-refractivity contribution is -0.142. The van der Waals surface area contributed by atoms with Crippen molar-refractivity contribution in [2.24, 2.45) is 0 Å². The Morgan fingerprint density at radius 1 is 1.38 bits per heavy atom. The number of benzene rings is 1. The molecular formula is C15H16FNO6S. The van der Waals surface area contributed by atoms with Gasteiger partial charge in [-0.3, -0.25) is 14.3 Å². The number of ether oxygens (including phenoxy) is 2. The van der Waals surface area contributed by atoms with Gasteiger partial charge in [0.05, 0.1) is 5.75 Å². The van der Waals surface area contributed by atoms with E-state index in [1.807, 2.05) is 4.72 Å². The van der Waals surface area contributed by atoms with E-state index >= 15 is 0 Å². The van der Waals surface area contributed by atoms with Crippen molar-refractivity contribution in [2.75, 3.05) is 5.75 Å². The fourth-order valence-corrected chi connectivity index (χ4v) is 2.72. The normalized spacial score (nSPS) is 20.8. The Labute approximate surface area is 138 Å². The SMILES string of the molecule is CCS(=O)(=O)NC1=C(OC(C)=O)C(=O)C(C)(c2ccccc2F)O1. The number of ketones is 1. The summed E-state index contributed by atoms with van der Waals surface area (Å²) in [7, 11) is -3.81. The van der Waals surface area contributed by atoms with Crippen LogP contribution in [0.1, 0.15) is 26.3 Å². The Hall–Kier alpha value is -2.42. The molecule has 0 spiro atoms. The van der Waals surface area contributed by atoms with E-state index in [-0.39, 0.29) is 11.3 Å². The van der Waals surface area contributed by atoms with E-state index in [4.69, 9.17) is 9.47 Å². The standard InChI is InChI=1S/C15H16FNO6S/c1-4-24(20,21)17-14-12(22-9(2)18)13(19)15(3,23-14)10-7-5-6-8-11(10)16/h5-8,17H,4H2,1-3H3. The van der Waals surface area contributed by atoms with Crippen molar-refractivity contribution in [3.63, 3.8) is 0 Å². The van der Waals surface area contributed by atoms with Crippen molar-refractivity contribution in [3.8, 4) is 0 Å². The number of esters is 1. The van der Waals surface area contributed by atoms with Gasteiger partial charge < -0.3 is 9.47 Å². The molecule has 1 aliphatic heterocycles. The second-order valence-electron chi connectivity index (χ2n) is 5.20. The van der Waals surface area contributed by atoms with Crippen molar-refractivity contribution in [1.29, 1.82) is 0 Å². The minimum atomic E-state index is -3.81. The van der Waals surface area contributed by atoms with Crippen LogP contribution in [0.4, 0.5) is 4.39 Å².